The molecule has 0 atom stereocenters. The minimum atomic E-state index is 0.895. The van der Waals surface area contributed by atoms with E-state index in [9.17, 15) is 0 Å². The first kappa shape index (κ1) is 37.8. The number of nitrogens with zero attached hydrogens (tertiary/aromatic N) is 1. The molecule has 0 unspecified atom stereocenters. The molecule has 12 aromatic carbocycles. The van der Waals surface area contributed by atoms with Crippen LogP contribution in [-0.2, 0) is 0 Å². The van der Waals surface area contributed by atoms with Gasteiger partial charge < -0.3 is 9.32 Å². The Bertz CT molecular complexity index is 3950. The van der Waals surface area contributed by atoms with Crippen LogP contribution < -0.4 is 4.90 Å². The van der Waals surface area contributed by atoms with Gasteiger partial charge in [-0.05, 0) is 137 Å². The lowest BCUT2D eigenvalue weighted by molar-refractivity contribution is 0.673. The highest BCUT2D eigenvalue weighted by atomic mass is 16.3. The monoisotopic (exact) mass is 839 g/mol. The van der Waals surface area contributed by atoms with E-state index >= 15 is 0 Å². The fourth-order valence-corrected chi connectivity index (χ4v) is 10.2. The van der Waals surface area contributed by atoms with Crippen molar-refractivity contribution in [2.75, 3.05) is 4.90 Å². The Morgan fingerprint density at radius 3 is 1.39 bits per heavy atom. The third-order valence-electron chi connectivity index (χ3n) is 13.5. The van der Waals surface area contributed by atoms with Gasteiger partial charge in [0.25, 0.3) is 0 Å². The van der Waals surface area contributed by atoms with E-state index in [4.69, 9.17) is 4.42 Å². The summed E-state index contributed by atoms with van der Waals surface area (Å²) in [6, 6.07) is 90.2. The zero-order valence-electron chi connectivity index (χ0n) is 36.0. The maximum Gasteiger partial charge on any atom is 0.143 e. The largest absolute Gasteiger partial charge is 0.455 e. The van der Waals surface area contributed by atoms with Crippen molar-refractivity contribution in [1.82, 2.24) is 0 Å². The maximum atomic E-state index is 6.57. The van der Waals surface area contributed by atoms with Crippen molar-refractivity contribution in [2.24, 2.45) is 0 Å². The molecule has 0 amide bonds. The zero-order valence-corrected chi connectivity index (χ0v) is 36.0. The van der Waals surface area contributed by atoms with Crippen molar-refractivity contribution in [1.29, 1.82) is 0 Å². The van der Waals surface area contributed by atoms with Crippen molar-refractivity contribution in [3.05, 3.63) is 249 Å². The first-order valence-corrected chi connectivity index (χ1v) is 22.7. The van der Waals surface area contributed by atoms with Crippen LogP contribution in [-0.4, -0.2) is 0 Å². The molecule has 0 radical (unpaired) electrons. The van der Waals surface area contributed by atoms with Crippen LogP contribution in [0.25, 0.3) is 110 Å². The van der Waals surface area contributed by atoms with E-state index in [1.807, 2.05) is 0 Å². The van der Waals surface area contributed by atoms with Gasteiger partial charge in [-0.1, -0.05) is 194 Å². The van der Waals surface area contributed by atoms with Crippen LogP contribution in [0.4, 0.5) is 17.1 Å². The molecule has 0 bridgehead atoms. The third-order valence-corrected chi connectivity index (χ3v) is 13.5. The minimum absolute atomic E-state index is 0.895. The Balaban J connectivity index is 0.888. The Morgan fingerprint density at radius 1 is 0.258 bits per heavy atom. The summed E-state index contributed by atoms with van der Waals surface area (Å²) in [6.45, 7) is 0. The average molecular weight is 840 g/mol. The summed E-state index contributed by atoms with van der Waals surface area (Å²) in [5, 5.41) is 12.1. The first-order valence-electron chi connectivity index (χ1n) is 22.7. The van der Waals surface area contributed by atoms with E-state index in [0.717, 1.165) is 55.5 Å². The van der Waals surface area contributed by atoms with Gasteiger partial charge in [-0.3, -0.25) is 0 Å². The molecule has 0 N–H and O–H groups in total. The molecular weight excluding hydrogens is 799 g/mol. The standard InChI is InChI=1S/C64H41NO/c1-4-15-53-44(11-1)14-9-20-54(53)46-25-23-42(24-26-46)43-27-34-50(35-28-43)65(52-38-31-48(32-39-52)61-41-49-13-3-5-16-55(49)58-18-7-8-19-59(58)61)51-36-29-47(30-37-51)56-21-10-22-62-63(56)60-40-33-45-12-2-6-17-57(45)64(60)66-62/h1-41H. The number of anilines is 3. The van der Waals surface area contributed by atoms with Gasteiger partial charge in [-0.25, -0.2) is 0 Å². The lowest BCUT2D eigenvalue weighted by atomic mass is 9.93. The van der Waals surface area contributed by atoms with Gasteiger partial charge in [-0.15, -0.1) is 0 Å². The molecule has 0 saturated heterocycles. The van der Waals surface area contributed by atoms with E-state index in [0.29, 0.717) is 0 Å². The van der Waals surface area contributed by atoms with E-state index in [2.05, 4.69) is 254 Å². The van der Waals surface area contributed by atoms with Crippen LogP contribution in [0.2, 0.25) is 0 Å². The summed E-state index contributed by atoms with van der Waals surface area (Å²) in [6.07, 6.45) is 0. The lowest BCUT2D eigenvalue weighted by Crippen LogP contribution is -2.09. The third kappa shape index (κ3) is 6.34. The van der Waals surface area contributed by atoms with Crippen LogP contribution in [0, 0.1) is 0 Å². The number of fused-ring (bicyclic) bond motifs is 9. The normalized spacial score (nSPS) is 11.6. The zero-order chi connectivity index (χ0) is 43.6. The van der Waals surface area contributed by atoms with Gasteiger partial charge in [0.2, 0.25) is 0 Å². The van der Waals surface area contributed by atoms with Crippen LogP contribution >= 0.6 is 0 Å². The summed E-state index contributed by atoms with van der Waals surface area (Å²) in [5.41, 5.74) is 14.6. The molecule has 2 heteroatoms. The van der Waals surface area contributed by atoms with Gasteiger partial charge in [0.1, 0.15) is 11.2 Å². The quantitative estimate of drug-likeness (QED) is 0.149. The van der Waals surface area contributed by atoms with Crippen molar-refractivity contribution in [2.45, 2.75) is 0 Å². The van der Waals surface area contributed by atoms with E-state index in [-0.39, 0.29) is 0 Å². The number of furan rings is 1. The highest BCUT2D eigenvalue weighted by molar-refractivity contribution is 6.19. The second-order valence-corrected chi connectivity index (χ2v) is 17.2. The molecule has 1 heterocycles. The molecule has 0 saturated carbocycles. The lowest BCUT2D eigenvalue weighted by Gasteiger charge is -2.26. The summed E-state index contributed by atoms with van der Waals surface area (Å²) in [7, 11) is 0. The minimum Gasteiger partial charge on any atom is -0.455 e. The van der Waals surface area contributed by atoms with E-state index in [1.165, 1.54) is 71.1 Å². The van der Waals surface area contributed by atoms with E-state index in [1.54, 1.807) is 0 Å². The number of hydrogen-bond donors (Lipinski definition) is 0. The molecule has 308 valence electrons. The van der Waals surface area contributed by atoms with Crippen LogP contribution in [0.1, 0.15) is 0 Å². The van der Waals surface area contributed by atoms with Gasteiger partial charge in [0, 0.05) is 33.2 Å². The maximum absolute atomic E-state index is 6.57. The SMILES string of the molecule is c1ccc2c(-c3ccc(-c4ccc(N(c5ccc(-c6cc7ccccc7c7ccccc67)cc5)c5ccc(-c6cccc7oc8c9ccccc9ccc8c67)cc5)cc4)cc3)cccc2c1. The molecular formula is C64H41NO. The fraction of sp³-hybridized carbons (Fsp3) is 0. The molecule has 13 aromatic rings. The average Bonchev–Trinajstić information content (AvgIpc) is 3.79. The van der Waals surface area contributed by atoms with Crippen molar-refractivity contribution < 1.29 is 4.42 Å². The number of benzene rings is 12. The summed E-state index contributed by atoms with van der Waals surface area (Å²) < 4.78 is 6.57. The Morgan fingerprint density at radius 2 is 0.712 bits per heavy atom. The van der Waals surface area contributed by atoms with Gasteiger partial charge in [-0.2, -0.15) is 0 Å². The molecule has 0 spiro atoms. The Labute approximate surface area is 382 Å². The van der Waals surface area contributed by atoms with Crippen molar-refractivity contribution in [3.63, 3.8) is 0 Å². The molecule has 66 heavy (non-hydrogen) atoms. The molecule has 0 aliphatic rings. The molecule has 13 rings (SSSR count). The second kappa shape index (κ2) is 15.5. The Hall–Kier alpha value is -8.72. The summed E-state index contributed by atoms with van der Waals surface area (Å²) in [4.78, 5) is 2.36. The smallest absolute Gasteiger partial charge is 0.143 e. The van der Waals surface area contributed by atoms with Gasteiger partial charge in [0.15, 0.2) is 0 Å². The van der Waals surface area contributed by atoms with Gasteiger partial charge in [0.05, 0.1) is 0 Å². The molecule has 1 aromatic heterocycles. The molecule has 0 aliphatic carbocycles. The van der Waals surface area contributed by atoms with Crippen LogP contribution in [0.5, 0.6) is 0 Å². The predicted octanol–water partition coefficient (Wildman–Crippen LogP) is 18.3. The van der Waals surface area contributed by atoms with Crippen LogP contribution in [0.15, 0.2) is 253 Å². The van der Waals surface area contributed by atoms with E-state index < -0.39 is 0 Å². The Kier molecular flexibility index (Phi) is 8.89. The first-order chi connectivity index (χ1) is 32.7. The summed E-state index contributed by atoms with van der Waals surface area (Å²) >= 11 is 0. The number of hydrogen-bond acceptors (Lipinski definition) is 2. The predicted molar refractivity (Wildman–Crippen MR) is 280 cm³/mol. The highest BCUT2D eigenvalue weighted by Crippen LogP contribution is 2.43. The van der Waals surface area contributed by atoms with Crippen molar-refractivity contribution in [3.8, 4) is 44.5 Å². The fourth-order valence-electron chi connectivity index (χ4n) is 10.2. The molecule has 2 nitrogen and oxygen atoms in total. The second-order valence-electron chi connectivity index (χ2n) is 17.2. The number of rotatable bonds is 7. The molecule has 0 aliphatic heterocycles. The topological polar surface area (TPSA) is 16.4 Å². The highest BCUT2D eigenvalue weighted by Gasteiger charge is 2.18. The van der Waals surface area contributed by atoms with Crippen LogP contribution in [0.3, 0.4) is 0 Å². The van der Waals surface area contributed by atoms with Gasteiger partial charge >= 0.3 is 0 Å². The van der Waals surface area contributed by atoms with Crippen molar-refractivity contribution >= 4 is 82.1 Å². The summed E-state index contributed by atoms with van der Waals surface area (Å²) in [5.74, 6) is 0. The molecule has 0 fully saturated rings.